The van der Waals surface area contributed by atoms with E-state index in [0.717, 1.165) is 24.3 Å². The van der Waals surface area contributed by atoms with Crippen molar-refractivity contribution in [1.82, 2.24) is 9.97 Å². The quantitative estimate of drug-likeness (QED) is 0.798. The standard InChI is InChI=1S/C17H21N3O3/c1-2-8-22-9-7-18-17-19-14-11-23-15-6-4-3-5-12(15)10-13(14)16(21)20-17/h3-6H,2,7-11H2,1H3,(H2,18,19,20,21). The Labute approximate surface area is 134 Å². The maximum atomic E-state index is 12.4. The second-order valence-corrected chi connectivity index (χ2v) is 5.45. The van der Waals surface area contributed by atoms with Gasteiger partial charge in [-0.15, -0.1) is 0 Å². The number of aromatic nitrogens is 2. The molecule has 0 saturated carbocycles. The van der Waals surface area contributed by atoms with Crippen molar-refractivity contribution in [3.8, 4) is 5.75 Å². The van der Waals surface area contributed by atoms with Crippen LogP contribution in [0.3, 0.4) is 0 Å². The Bertz CT molecular complexity index is 727. The van der Waals surface area contributed by atoms with E-state index in [1.165, 1.54) is 0 Å². The summed E-state index contributed by atoms with van der Waals surface area (Å²) in [4.78, 5) is 19.6. The highest BCUT2D eigenvalue weighted by atomic mass is 16.5. The van der Waals surface area contributed by atoms with E-state index in [1.807, 2.05) is 24.3 Å². The molecule has 3 rings (SSSR count). The van der Waals surface area contributed by atoms with Crippen molar-refractivity contribution < 1.29 is 9.47 Å². The Hall–Kier alpha value is -2.34. The van der Waals surface area contributed by atoms with Crippen LogP contribution in [0, 0.1) is 0 Å². The molecule has 2 N–H and O–H groups in total. The molecule has 1 aromatic heterocycles. The van der Waals surface area contributed by atoms with Gasteiger partial charge in [-0.25, -0.2) is 4.98 Å². The van der Waals surface area contributed by atoms with Gasteiger partial charge in [0.15, 0.2) is 0 Å². The van der Waals surface area contributed by atoms with E-state index in [2.05, 4.69) is 22.2 Å². The van der Waals surface area contributed by atoms with Crippen molar-refractivity contribution >= 4 is 5.95 Å². The van der Waals surface area contributed by atoms with Gasteiger partial charge in [0.1, 0.15) is 12.4 Å². The lowest BCUT2D eigenvalue weighted by Crippen LogP contribution is -2.22. The average molecular weight is 315 g/mol. The van der Waals surface area contributed by atoms with Crippen LogP contribution < -0.4 is 15.6 Å². The van der Waals surface area contributed by atoms with Crippen molar-refractivity contribution in [2.24, 2.45) is 0 Å². The van der Waals surface area contributed by atoms with Gasteiger partial charge in [0, 0.05) is 25.1 Å². The third kappa shape index (κ3) is 3.71. The molecule has 0 bridgehead atoms. The van der Waals surface area contributed by atoms with Crippen LogP contribution in [-0.2, 0) is 17.8 Å². The third-order valence-corrected chi connectivity index (χ3v) is 3.69. The number of nitrogens with zero attached hydrogens (tertiary/aromatic N) is 1. The summed E-state index contributed by atoms with van der Waals surface area (Å²) in [5.41, 5.74) is 2.24. The van der Waals surface area contributed by atoms with Gasteiger partial charge >= 0.3 is 0 Å². The fourth-order valence-electron chi connectivity index (χ4n) is 2.55. The van der Waals surface area contributed by atoms with Crippen molar-refractivity contribution in [3.63, 3.8) is 0 Å². The van der Waals surface area contributed by atoms with Crippen molar-refractivity contribution in [2.75, 3.05) is 25.1 Å². The number of rotatable bonds is 6. The number of nitrogens with one attached hydrogen (secondary N) is 2. The number of hydrogen-bond donors (Lipinski definition) is 2. The van der Waals surface area contributed by atoms with E-state index in [1.54, 1.807) is 0 Å². The Morgan fingerprint density at radius 2 is 2.22 bits per heavy atom. The molecule has 2 heterocycles. The van der Waals surface area contributed by atoms with Crippen molar-refractivity contribution in [1.29, 1.82) is 0 Å². The Kier molecular flexibility index (Phi) is 4.92. The van der Waals surface area contributed by atoms with Crippen molar-refractivity contribution in [3.05, 3.63) is 51.4 Å². The first kappa shape index (κ1) is 15.6. The highest BCUT2D eigenvalue weighted by molar-refractivity contribution is 5.41. The predicted octanol–water partition coefficient (Wildman–Crippen LogP) is 2.09. The second kappa shape index (κ2) is 7.28. The molecule has 0 unspecified atom stereocenters. The van der Waals surface area contributed by atoms with Gasteiger partial charge in [-0.1, -0.05) is 25.1 Å². The average Bonchev–Trinajstić information content (AvgIpc) is 2.75. The number of para-hydroxylation sites is 1. The lowest BCUT2D eigenvalue weighted by Gasteiger charge is -2.09. The summed E-state index contributed by atoms with van der Waals surface area (Å²) in [7, 11) is 0. The van der Waals surface area contributed by atoms with Gasteiger partial charge in [0.2, 0.25) is 5.95 Å². The minimum Gasteiger partial charge on any atom is -0.487 e. The van der Waals surface area contributed by atoms with Crippen LogP contribution in [0.4, 0.5) is 5.95 Å². The summed E-state index contributed by atoms with van der Waals surface area (Å²) in [6.45, 7) is 4.29. The minimum atomic E-state index is -0.118. The van der Waals surface area contributed by atoms with Crippen LogP contribution in [0.15, 0.2) is 29.1 Å². The van der Waals surface area contributed by atoms with Gasteiger partial charge in [0.25, 0.3) is 5.56 Å². The Morgan fingerprint density at radius 3 is 3.09 bits per heavy atom. The largest absolute Gasteiger partial charge is 0.487 e. The van der Waals surface area contributed by atoms with E-state index in [0.29, 0.717) is 43.4 Å². The molecule has 1 aliphatic rings. The van der Waals surface area contributed by atoms with Crippen LogP contribution in [0.25, 0.3) is 0 Å². The summed E-state index contributed by atoms with van der Waals surface area (Å²) in [5, 5.41) is 3.09. The zero-order chi connectivity index (χ0) is 16.1. The number of benzene rings is 1. The molecule has 0 atom stereocenters. The van der Waals surface area contributed by atoms with Crippen LogP contribution in [0.2, 0.25) is 0 Å². The highest BCUT2D eigenvalue weighted by Gasteiger charge is 2.18. The summed E-state index contributed by atoms with van der Waals surface area (Å²) in [5.74, 6) is 1.27. The molecular formula is C17H21N3O3. The van der Waals surface area contributed by atoms with E-state index >= 15 is 0 Å². The SMILES string of the molecule is CCCOCCNc1nc2c(c(=O)[nH]1)Cc1ccccc1OC2. The first-order valence-corrected chi connectivity index (χ1v) is 7.92. The number of anilines is 1. The molecule has 0 radical (unpaired) electrons. The second-order valence-electron chi connectivity index (χ2n) is 5.45. The topological polar surface area (TPSA) is 76.2 Å². The van der Waals surface area contributed by atoms with Crippen LogP contribution in [-0.4, -0.2) is 29.7 Å². The highest BCUT2D eigenvalue weighted by Crippen LogP contribution is 2.25. The summed E-state index contributed by atoms with van der Waals surface area (Å²) < 4.78 is 11.2. The predicted molar refractivity (Wildman–Crippen MR) is 88.0 cm³/mol. The maximum Gasteiger partial charge on any atom is 0.256 e. The van der Waals surface area contributed by atoms with E-state index in [4.69, 9.17) is 9.47 Å². The molecule has 6 nitrogen and oxygen atoms in total. The molecule has 1 aliphatic heterocycles. The number of hydrogen-bond acceptors (Lipinski definition) is 5. The molecule has 0 amide bonds. The lowest BCUT2D eigenvalue weighted by atomic mass is 10.1. The number of ether oxygens (including phenoxy) is 2. The van der Waals surface area contributed by atoms with E-state index in [9.17, 15) is 4.79 Å². The lowest BCUT2D eigenvalue weighted by molar-refractivity contribution is 0.144. The van der Waals surface area contributed by atoms with Crippen LogP contribution in [0.5, 0.6) is 5.75 Å². The molecule has 122 valence electrons. The molecule has 0 saturated heterocycles. The van der Waals surface area contributed by atoms with Gasteiger partial charge < -0.3 is 14.8 Å². The maximum absolute atomic E-state index is 12.4. The Morgan fingerprint density at radius 1 is 1.35 bits per heavy atom. The molecule has 0 fully saturated rings. The summed E-state index contributed by atoms with van der Waals surface area (Å²) in [6.07, 6.45) is 1.53. The van der Waals surface area contributed by atoms with Crippen LogP contribution >= 0.6 is 0 Å². The number of fused-ring (bicyclic) bond motifs is 2. The smallest absolute Gasteiger partial charge is 0.256 e. The zero-order valence-corrected chi connectivity index (χ0v) is 13.2. The first-order chi connectivity index (χ1) is 11.3. The third-order valence-electron chi connectivity index (χ3n) is 3.69. The van der Waals surface area contributed by atoms with E-state index in [-0.39, 0.29) is 5.56 Å². The molecular weight excluding hydrogens is 294 g/mol. The molecule has 23 heavy (non-hydrogen) atoms. The van der Waals surface area contributed by atoms with Gasteiger partial charge in [0.05, 0.1) is 12.3 Å². The van der Waals surface area contributed by atoms with Crippen molar-refractivity contribution in [2.45, 2.75) is 26.4 Å². The minimum absolute atomic E-state index is 0.118. The molecule has 2 aromatic rings. The first-order valence-electron chi connectivity index (χ1n) is 7.92. The van der Waals surface area contributed by atoms with E-state index < -0.39 is 0 Å². The molecule has 0 spiro atoms. The fraction of sp³-hybridized carbons (Fsp3) is 0.412. The zero-order valence-electron chi connectivity index (χ0n) is 13.2. The molecule has 1 aromatic carbocycles. The van der Waals surface area contributed by atoms with Gasteiger partial charge in [-0.05, 0) is 18.1 Å². The normalized spacial score (nSPS) is 12.7. The fourth-order valence-corrected chi connectivity index (χ4v) is 2.55. The summed E-state index contributed by atoms with van der Waals surface area (Å²) in [6, 6.07) is 7.76. The van der Waals surface area contributed by atoms with Crippen LogP contribution in [0.1, 0.15) is 30.2 Å². The molecule has 6 heteroatoms. The van der Waals surface area contributed by atoms with Gasteiger partial charge in [-0.3, -0.25) is 9.78 Å². The summed E-state index contributed by atoms with van der Waals surface area (Å²) >= 11 is 0. The Balaban J connectivity index is 1.74. The number of H-pyrrole nitrogens is 1. The van der Waals surface area contributed by atoms with Gasteiger partial charge in [-0.2, -0.15) is 0 Å². The monoisotopic (exact) mass is 315 g/mol. The number of aromatic amines is 1. The molecule has 0 aliphatic carbocycles.